The van der Waals surface area contributed by atoms with Gasteiger partial charge < -0.3 is 5.32 Å². The van der Waals surface area contributed by atoms with Crippen molar-refractivity contribution in [1.29, 1.82) is 0 Å². The fourth-order valence-electron chi connectivity index (χ4n) is 1.82. The van der Waals surface area contributed by atoms with Crippen LogP contribution < -0.4 is 5.32 Å². The number of aryl methyl sites for hydroxylation is 2. The number of carbonyl (C=O) groups is 1. The smallest absolute Gasteiger partial charge is 0.234 e. The highest BCUT2D eigenvalue weighted by molar-refractivity contribution is 8.00. The first kappa shape index (κ1) is 14.6. The quantitative estimate of drug-likeness (QED) is 0.856. The van der Waals surface area contributed by atoms with Gasteiger partial charge in [0.2, 0.25) is 5.91 Å². The van der Waals surface area contributed by atoms with Crippen molar-refractivity contribution in [2.24, 2.45) is 0 Å². The third-order valence-electron chi connectivity index (χ3n) is 2.91. The summed E-state index contributed by atoms with van der Waals surface area (Å²) in [7, 11) is 0. The van der Waals surface area contributed by atoms with E-state index in [0.29, 0.717) is 11.4 Å². The molecule has 0 saturated carbocycles. The van der Waals surface area contributed by atoms with Gasteiger partial charge in [0.25, 0.3) is 0 Å². The van der Waals surface area contributed by atoms with Crippen LogP contribution in [0, 0.1) is 19.7 Å². The van der Waals surface area contributed by atoms with Gasteiger partial charge in [-0.3, -0.25) is 4.79 Å². The van der Waals surface area contributed by atoms with Crippen LogP contribution in [0.1, 0.15) is 11.1 Å². The van der Waals surface area contributed by atoms with Crippen LogP contribution in [0.25, 0.3) is 0 Å². The monoisotopic (exact) mass is 289 g/mol. The van der Waals surface area contributed by atoms with Crippen molar-refractivity contribution in [3.05, 3.63) is 59.4 Å². The molecule has 1 N–H and O–H groups in total. The van der Waals surface area contributed by atoms with Crippen LogP contribution in [-0.2, 0) is 4.79 Å². The number of benzene rings is 2. The van der Waals surface area contributed by atoms with Crippen molar-refractivity contribution in [2.45, 2.75) is 18.7 Å². The third kappa shape index (κ3) is 3.84. The Labute approximate surface area is 122 Å². The molecule has 0 aliphatic rings. The zero-order chi connectivity index (χ0) is 14.5. The summed E-state index contributed by atoms with van der Waals surface area (Å²) in [4.78, 5) is 13.0. The van der Waals surface area contributed by atoms with E-state index in [2.05, 4.69) is 5.32 Å². The molecule has 4 heteroatoms. The minimum absolute atomic E-state index is 0.0899. The molecule has 0 spiro atoms. The molecule has 2 nitrogen and oxygen atoms in total. The SMILES string of the molecule is Cc1cc(F)ccc1NC(=O)CSc1ccccc1C. The molecule has 20 heavy (non-hydrogen) atoms. The Balaban J connectivity index is 1.94. The summed E-state index contributed by atoms with van der Waals surface area (Å²) < 4.78 is 13.0. The molecule has 0 radical (unpaired) electrons. The van der Waals surface area contributed by atoms with Gasteiger partial charge in [-0.25, -0.2) is 4.39 Å². The summed E-state index contributed by atoms with van der Waals surface area (Å²) in [6, 6.07) is 12.3. The van der Waals surface area contributed by atoms with Gasteiger partial charge in [-0.15, -0.1) is 11.8 Å². The van der Waals surface area contributed by atoms with Crippen molar-refractivity contribution < 1.29 is 9.18 Å². The van der Waals surface area contributed by atoms with E-state index in [-0.39, 0.29) is 11.7 Å². The summed E-state index contributed by atoms with van der Waals surface area (Å²) in [5, 5.41) is 2.80. The Morgan fingerprint density at radius 3 is 2.60 bits per heavy atom. The second-order valence-corrected chi connectivity index (χ2v) is 5.58. The van der Waals surface area contributed by atoms with Crippen molar-refractivity contribution >= 4 is 23.4 Å². The number of halogens is 1. The normalized spacial score (nSPS) is 10.3. The van der Waals surface area contributed by atoms with Crippen LogP contribution in [0.3, 0.4) is 0 Å². The van der Waals surface area contributed by atoms with Crippen LogP contribution >= 0.6 is 11.8 Å². The fourth-order valence-corrected chi connectivity index (χ4v) is 2.64. The van der Waals surface area contributed by atoms with Gasteiger partial charge >= 0.3 is 0 Å². The molecule has 0 fully saturated rings. The van der Waals surface area contributed by atoms with Crippen LogP contribution in [-0.4, -0.2) is 11.7 Å². The molecule has 1 amide bonds. The number of hydrogen-bond acceptors (Lipinski definition) is 2. The fraction of sp³-hybridized carbons (Fsp3) is 0.188. The molecule has 0 saturated heterocycles. The summed E-state index contributed by atoms with van der Waals surface area (Å²) in [6.45, 7) is 3.79. The van der Waals surface area contributed by atoms with Crippen molar-refractivity contribution in [1.82, 2.24) is 0 Å². The van der Waals surface area contributed by atoms with E-state index < -0.39 is 0 Å². The zero-order valence-corrected chi connectivity index (χ0v) is 12.3. The lowest BCUT2D eigenvalue weighted by Gasteiger charge is -2.09. The Morgan fingerprint density at radius 1 is 1.15 bits per heavy atom. The molecular weight excluding hydrogens is 273 g/mol. The predicted octanol–water partition coefficient (Wildman–Crippen LogP) is 4.17. The van der Waals surface area contributed by atoms with Gasteiger partial charge in [0.15, 0.2) is 0 Å². The van der Waals surface area contributed by atoms with E-state index in [0.717, 1.165) is 16.0 Å². The standard InChI is InChI=1S/C16H16FNOS/c1-11-5-3-4-6-15(11)20-10-16(19)18-14-8-7-13(17)9-12(14)2/h3-9H,10H2,1-2H3,(H,18,19). The summed E-state index contributed by atoms with van der Waals surface area (Å²) in [6.07, 6.45) is 0. The zero-order valence-electron chi connectivity index (χ0n) is 11.4. The number of carbonyl (C=O) groups excluding carboxylic acids is 1. The maximum Gasteiger partial charge on any atom is 0.234 e. The van der Waals surface area contributed by atoms with Crippen molar-refractivity contribution in [3.8, 4) is 0 Å². The average Bonchev–Trinajstić information content (AvgIpc) is 2.41. The maximum atomic E-state index is 13.0. The molecule has 0 unspecified atom stereocenters. The van der Waals surface area contributed by atoms with Crippen molar-refractivity contribution in [3.63, 3.8) is 0 Å². The Morgan fingerprint density at radius 2 is 1.90 bits per heavy atom. The molecule has 0 aromatic heterocycles. The molecule has 0 bridgehead atoms. The minimum atomic E-state index is -0.296. The largest absolute Gasteiger partial charge is 0.325 e. The van der Waals surface area contributed by atoms with Crippen LogP contribution in [0.5, 0.6) is 0 Å². The van der Waals surface area contributed by atoms with Gasteiger partial charge in [-0.05, 0) is 49.2 Å². The van der Waals surface area contributed by atoms with Crippen LogP contribution in [0.4, 0.5) is 10.1 Å². The summed E-state index contributed by atoms with van der Waals surface area (Å²) in [5.74, 6) is -0.0514. The van der Waals surface area contributed by atoms with Crippen LogP contribution in [0.2, 0.25) is 0 Å². The van der Waals surface area contributed by atoms with Gasteiger partial charge in [0.05, 0.1) is 5.75 Å². The molecule has 0 aliphatic heterocycles. The lowest BCUT2D eigenvalue weighted by Crippen LogP contribution is -2.14. The molecule has 2 aromatic carbocycles. The van der Waals surface area contributed by atoms with Gasteiger partial charge in [-0.2, -0.15) is 0 Å². The topological polar surface area (TPSA) is 29.1 Å². The number of hydrogen-bond donors (Lipinski definition) is 1. The van der Waals surface area contributed by atoms with Gasteiger partial charge in [0.1, 0.15) is 5.82 Å². The predicted molar refractivity (Wildman–Crippen MR) is 81.7 cm³/mol. The summed E-state index contributed by atoms with van der Waals surface area (Å²) >= 11 is 1.50. The van der Waals surface area contributed by atoms with E-state index in [1.54, 1.807) is 13.0 Å². The number of amides is 1. The van der Waals surface area contributed by atoms with E-state index in [4.69, 9.17) is 0 Å². The van der Waals surface area contributed by atoms with Crippen LogP contribution in [0.15, 0.2) is 47.4 Å². The minimum Gasteiger partial charge on any atom is -0.325 e. The maximum absolute atomic E-state index is 13.0. The van der Waals surface area contributed by atoms with Gasteiger partial charge in [0, 0.05) is 10.6 Å². The first-order valence-corrected chi connectivity index (χ1v) is 7.29. The summed E-state index contributed by atoms with van der Waals surface area (Å²) in [5.41, 5.74) is 2.53. The lowest BCUT2D eigenvalue weighted by molar-refractivity contribution is -0.113. The second-order valence-electron chi connectivity index (χ2n) is 4.56. The van der Waals surface area contributed by atoms with E-state index >= 15 is 0 Å². The Kier molecular flexibility index (Phi) is 4.79. The van der Waals surface area contributed by atoms with Crippen molar-refractivity contribution in [2.75, 3.05) is 11.1 Å². The molecule has 2 aromatic rings. The highest BCUT2D eigenvalue weighted by Crippen LogP contribution is 2.22. The second kappa shape index (κ2) is 6.57. The third-order valence-corrected chi connectivity index (χ3v) is 4.09. The Bertz CT molecular complexity index is 628. The first-order valence-electron chi connectivity index (χ1n) is 6.30. The molecular formula is C16H16FNOS. The molecule has 0 heterocycles. The lowest BCUT2D eigenvalue weighted by atomic mass is 10.2. The van der Waals surface area contributed by atoms with E-state index in [9.17, 15) is 9.18 Å². The highest BCUT2D eigenvalue weighted by atomic mass is 32.2. The Hall–Kier alpha value is -1.81. The number of anilines is 1. The number of thioether (sulfide) groups is 1. The number of rotatable bonds is 4. The number of nitrogens with one attached hydrogen (secondary N) is 1. The average molecular weight is 289 g/mol. The highest BCUT2D eigenvalue weighted by Gasteiger charge is 2.07. The molecule has 0 atom stereocenters. The van der Waals surface area contributed by atoms with E-state index in [1.807, 2.05) is 31.2 Å². The van der Waals surface area contributed by atoms with E-state index in [1.165, 1.54) is 23.9 Å². The van der Waals surface area contributed by atoms with Gasteiger partial charge in [-0.1, -0.05) is 18.2 Å². The molecule has 0 aliphatic carbocycles. The first-order chi connectivity index (χ1) is 9.56. The molecule has 2 rings (SSSR count). The molecule has 104 valence electrons.